The second kappa shape index (κ2) is 2.93. The average molecular weight is 139 g/mol. The highest BCUT2D eigenvalue weighted by atomic mass is 31.0. The van der Waals surface area contributed by atoms with Gasteiger partial charge in [-0.15, -0.1) is 9.24 Å². The van der Waals surface area contributed by atoms with E-state index >= 15 is 0 Å². The Labute approximate surface area is 57.7 Å². The van der Waals surface area contributed by atoms with Gasteiger partial charge in [0.2, 0.25) is 0 Å². The van der Waals surface area contributed by atoms with E-state index in [1.807, 2.05) is 24.5 Å². The first-order valence-corrected chi connectivity index (χ1v) is 3.63. The van der Waals surface area contributed by atoms with Crippen LogP contribution in [0.4, 0.5) is 0 Å². The van der Waals surface area contributed by atoms with Crippen LogP contribution in [-0.2, 0) is 0 Å². The number of hydrogen-bond acceptors (Lipinski definition) is 1. The van der Waals surface area contributed by atoms with Crippen molar-refractivity contribution in [2.45, 2.75) is 12.6 Å². The highest BCUT2D eigenvalue weighted by Gasteiger charge is 1.94. The van der Waals surface area contributed by atoms with Crippen molar-refractivity contribution in [2.75, 3.05) is 0 Å². The molecular formula is C7H10NP. The second-order valence-electron chi connectivity index (χ2n) is 2.07. The Kier molecular flexibility index (Phi) is 2.18. The molecule has 0 saturated heterocycles. The Morgan fingerprint density at radius 1 is 1.44 bits per heavy atom. The van der Waals surface area contributed by atoms with Gasteiger partial charge in [-0.1, -0.05) is 6.92 Å². The summed E-state index contributed by atoms with van der Waals surface area (Å²) in [4.78, 5) is 3.92. The minimum atomic E-state index is 0.535. The minimum absolute atomic E-state index is 0.535. The molecule has 9 heavy (non-hydrogen) atoms. The number of hydrogen-bond donors (Lipinski definition) is 0. The highest BCUT2D eigenvalue weighted by Crippen LogP contribution is 2.19. The molecular weight excluding hydrogens is 129 g/mol. The zero-order chi connectivity index (χ0) is 6.69. The first kappa shape index (κ1) is 6.70. The van der Waals surface area contributed by atoms with Crippen LogP contribution in [0.15, 0.2) is 24.5 Å². The van der Waals surface area contributed by atoms with Crippen LogP contribution in [0.2, 0.25) is 0 Å². The number of nitrogens with zero attached hydrogens (tertiary/aromatic N) is 1. The van der Waals surface area contributed by atoms with E-state index in [9.17, 15) is 0 Å². The van der Waals surface area contributed by atoms with Gasteiger partial charge in [0.05, 0.1) is 0 Å². The molecule has 1 nitrogen and oxygen atoms in total. The number of pyridine rings is 1. The van der Waals surface area contributed by atoms with Gasteiger partial charge in [-0.3, -0.25) is 4.98 Å². The van der Waals surface area contributed by atoms with Crippen molar-refractivity contribution in [3.8, 4) is 0 Å². The van der Waals surface area contributed by atoms with Crippen molar-refractivity contribution in [3.05, 3.63) is 30.1 Å². The fraction of sp³-hybridized carbons (Fsp3) is 0.286. The first-order valence-electron chi connectivity index (χ1n) is 2.96. The molecule has 0 N–H and O–H groups in total. The van der Waals surface area contributed by atoms with Crippen LogP contribution in [0.1, 0.15) is 18.1 Å². The van der Waals surface area contributed by atoms with E-state index in [0.717, 1.165) is 0 Å². The van der Waals surface area contributed by atoms with E-state index in [1.165, 1.54) is 5.56 Å². The predicted octanol–water partition coefficient (Wildman–Crippen LogP) is 2.02. The van der Waals surface area contributed by atoms with Crippen LogP contribution < -0.4 is 0 Å². The molecule has 1 aromatic rings. The molecule has 0 spiro atoms. The molecule has 0 radical (unpaired) electrons. The quantitative estimate of drug-likeness (QED) is 0.542. The van der Waals surface area contributed by atoms with Crippen molar-refractivity contribution in [2.24, 2.45) is 0 Å². The van der Waals surface area contributed by atoms with Crippen molar-refractivity contribution in [1.82, 2.24) is 4.98 Å². The molecule has 0 aromatic carbocycles. The molecule has 2 unspecified atom stereocenters. The Morgan fingerprint density at radius 2 is 2.00 bits per heavy atom. The molecule has 1 aromatic heterocycles. The van der Waals surface area contributed by atoms with Gasteiger partial charge in [0, 0.05) is 12.4 Å². The van der Waals surface area contributed by atoms with E-state index in [-0.39, 0.29) is 0 Å². The van der Waals surface area contributed by atoms with Crippen molar-refractivity contribution in [3.63, 3.8) is 0 Å². The van der Waals surface area contributed by atoms with E-state index < -0.39 is 0 Å². The summed E-state index contributed by atoms with van der Waals surface area (Å²) in [6.45, 7) is 2.14. The van der Waals surface area contributed by atoms with Crippen LogP contribution >= 0.6 is 9.24 Å². The van der Waals surface area contributed by atoms with E-state index in [0.29, 0.717) is 5.66 Å². The minimum Gasteiger partial charge on any atom is -0.265 e. The Bertz CT molecular complexity index is 172. The fourth-order valence-corrected chi connectivity index (χ4v) is 0.889. The fourth-order valence-electron chi connectivity index (χ4n) is 0.667. The standard InChI is InChI=1S/C7H10NP/c1-6(9)7-2-4-8-5-3-7/h2-6H,9H2,1H3. The molecule has 1 rings (SSSR count). The van der Waals surface area contributed by atoms with Gasteiger partial charge in [0.25, 0.3) is 0 Å². The normalized spacial score (nSPS) is 13.1. The summed E-state index contributed by atoms with van der Waals surface area (Å²) in [5.74, 6) is 0. The second-order valence-corrected chi connectivity index (χ2v) is 3.07. The van der Waals surface area contributed by atoms with Crippen molar-refractivity contribution < 1.29 is 0 Å². The summed E-state index contributed by atoms with van der Waals surface area (Å²) in [5, 5.41) is 0. The molecule has 0 bridgehead atoms. The van der Waals surface area contributed by atoms with Crippen LogP contribution in [0, 0.1) is 0 Å². The third-order valence-corrected chi connectivity index (χ3v) is 1.62. The van der Waals surface area contributed by atoms with E-state index in [4.69, 9.17) is 0 Å². The van der Waals surface area contributed by atoms with Crippen molar-refractivity contribution >= 4 is 9.24 Å². The molecule has 48 valence electrons. The molecule has 1 heterocycles. The summed E-state index contributed by atoms with van der Waals surface area (Å²) < 4.78 is 0. The predicted molar refractivity (Wildman–Crippen MR) is 42.4 cm³/mol. The van der Waals surface area contributed by atoms with Gasteiger partial charge in [0.1, 0.15) is 0 Å². The Morgan fingerprint density at radius 3 is 2.33 bits per heavy atom. The van der Waals surface area contributed by atoms with Crippen LogP contribution in [0.3, 0.4) is 0 Å². The number of aromatic nitrogens is 1. The topological polar surface area (TPSA) is 12.9 Å². The van der Waals surface area contributed by atoms with Crippen LogP contribution in [0.5, 0.6) is 0 Å². The van der Waals surface area contributed by atoms with Gasteiger partial charge in [0.15, 0.2) is 0 Å². The van der Waals surface area contributed by atoms with E-state index in [1.54, 1.807) is 0 Å². The number of rotatable bonds is 1. The Balaban J connectivity index is 2.85. The summed E-state index contributed by atoms with van der Waals surface area (Å²) in [5.41, 5.74) is 1.85. The monoisotopic (exact) mass is 139 g/mol. The molecule has 0 aliphatic rings. The maximum atomic E-state index is 3.92. The van der Waals surface area contributed by atoms with Crippen molar-refractivity contribution in [1.29, 1.82) is 0 Å². The van der Waals surface area contributed by atoms with Gasteiger partial charge in [-0.05, 0) is 23.4 Å². The van der Waals surface area contributed by atoms with Gasteiger partial charge >= 0.3 is 0 Å². The molecule has 0 aliphatic heterocycles. The lowest BCUT2D eigenvalue weighted by Gasteiger charge is -2.01. The summed E-state index contributed by atoms with van der Waals surface area (Å²) in [6.07, 6.45) is 3.63. The largest absolute Gasteiger partial charge is 0.265 e. The maximum absolute atomic E-state index is 3.92. The smallest absolute Gasteiger partial charge is 0.0270 e. The first-order chi connectivity index (χ1) is 4.30. The highest BCUT2D eigenvalue weighted by molar-refractivity contribution is 7.17. The molecule has 0 fully saturated rings. The molecule has 2 heteroatoms. The molecule has 0 saturated carbocycles. The zero-order valence-corrected chi connectivity index (χ0v) is 6.57. The lowest BCUT2D eigenvalue weighted by Crippen LogP contribution is -1.81. The van der Waals surface area contributed by atoms with Gasteiger partial charge < -0.3 is 0 Å². The summed E-state index contributed by atoms with van der Waals surface area (Å²) in [6, 6.07) is 4.05. The summed E-state index contributed by atoms with van der Waals surface area (Å²) >= 11 is 0. The van der Waals surface area contributed by atoms with Crippen LogP contribution in [0.25, 0.3) is 0 Å². The zero-order valence-electron chi connectivity index (χ0n) is 5.41. The average Bonchev–Trinajstić information content (AvgIpc) is 1.90. The van der Waals surface area contributed by atoms with Crippen LogP contribution in [-0.4, -0.2) is 4.98 Å². The lowest BCUT2D eigenvalue weighted by molar-refractivity contribution is 1.09. The van der Waals surface area contributed by atoms with Gasteiger partial charge in [-0.2, -0.15) is 0 Å². The van der Waals surface area contributed by atoms with E-state index in [2.05, 4.69) is 21.1 Å². The SMILES string of the molecule is CC(P)c1ccncc1. The van der Waals surface area contributed by atoms with Gasteiger partial charge in [-0.25, -0.2) is 0 Å². The third kappa shape index (κ3) is 1.76. The molecule has 0 aliphatic carbocycles. The molecule has 2 atom stereocenters. The maximum Gasteiger partial charge on any atom is 0.0270 e. The lowest BCUT2D eigenvalue weighted by atomic mass is 10.2. The third-order valence-electron chi connectivity index (χ3n) is 1.23. The molecule has 0 amide bonds. The summed E-state index contributed by atoms with van der Waals surface area (Å²) in [7, 11) is 2.74. The Hall–Kier alpha value is -0.420.